The standard InChI is InChI=1S/C10H15NO2S/c1-8-7-14-10(11-8)13-6-9-4-2-3-5-12-9/h7,9H,2-6H2,1H3. The molecule has 1 aliphatic rings. The van der Waals surface area contributed by atoms with E-state index in [0.29, 0.717) is 6.61 Å². The normalized spacial score (nSPS) is 22.2. The van der Waals surface area contributed by atoms with Gasteiger partial charge in [-0.2, -0.15) is 0 Å². The van der Waals surface area contributed by atoms with Crippen molar-refractivity contribution in [1.82, 2.24) is 4.98 Å². The molecule has 0 aromatic carbocycles. The minimum absolute atomic E-state index is 0.271. The summed E-state index contributed by atoms with van der Waals surface area (Å²) in [6.07, 6.45) is 3.83. The van der Waals surface area contributed by atoms with E-state index in [-0.39, 0.29) is 6.10 Å². The summed E-state index contributed by atoms with van der Waals surface area (Å²) in [5.74, 6) is 0. The lowest BCUT2D eigenvalue weighted by atomic mass is 10.1. The van der Waals surface area contributed by atoms with Gasteiger partial charge < -0.3 is 9.47 Å². The molecule has 1 saturated heterocycles. The highest BCUT2D eigenvalue weighted by Crippen LogP contribution is 2.19. The van der Waals surface area contributed by atoms with Crippen molar-refractivity contribution in [3.8, 4) is 5.19 Å². The predicted molar refractivity (Wildman–Crippen MR) is 55.9 cm³/mol. The zero-order valence-electron chi connectivity index (χ0n) is 8.36. The van der Waals surface area contributed by atoms with Crippen LogP contribution in [0.15, 0.2) is 5.38 Å². The summed E-state index contributed by atoms with van der Waals surface area (Å²) < 4.78 is 11.1. The Morgan fingerprint density at radius 3 is 3.21 bits per heavy atom. The van der Waals surface area contributed by atoms with Crippen LogP contribution in [0.25, 0.3) is 0 Å². The number of aromatic nitrogens is 1. The fourth-order valence-electron chi connectivity index (χ4n) is 1.50. The Hall–Kier alpha value is -0.610. The van der Waals surface area contributed by atoms with Crippen LogP contribution in [0.3, 0.4) is 0 Å². The molecule has 0 aliphatic carbocycles. The molecule has 78 valence electrons. The molecule has 1 unspecified atom stereocenters. The van der Waals surface area contributed by atoms with E-state index < -0.39 is 0 Å². The zero-order chi connectivity index (χ0) is 9.80. The summed E-state index contributed by atoms with van der Waals surface area (Å²) in [5, 5.41) is 2.76. The van der Waals surface area contributed by atoms with Crippen LogP contribution in [0.4, 0.5) is 0 Å². The quantitative estimate of drug-likeness (QED) is 0.772. The topological polar surface area (TPSA) is 31.4 Å². The van der Waals surface area contributed by atoms with Crippen molar-refractivity contribution >= 4 is 11.3 Å². The van der Waals surface area contributed by atoms with Gasteiger partial charge in [0.15, 0.2) is 0 Å². The van der Waals surface area contributed by atoms with Gasteiger partial charge in [0.2, 0.25) is 0 Å². The second-order valence-electron chi connectivity index (χ2n) is 3.55. The number of ether oxygens (including phenoxy) is 2. The van der Waals surface area contributed by atoms with Gasteiger partial charge in [0.25, 0.3) is 5.19 Å². The molecule has 1 fully saturated rings. The summed E-state index contributed by atoms with van der Waals surface area (Å²) in [6, 6.07) is 0. The Morgan fingerprint density at radius 1 is 1.64 bits per heavy atom. The Bertz CT molecular complexity index is 281. The molecule has 1 atom stereocenters. The lowest BCUT2D eigenvalue weighted by molar-refractivity contribution is -0.0111. The Morgan fingerprint density at radius 2 is 2.57 bits per heavy atom. The fourth-order valence-corrected chi connectivity index (χ4v) is 2.16. The van der Waals surface area contributed by atoms with Gasteiger partial charge in [0.1, 0.15) is 6.61 Å². The van der Waals surface area contributed by atoms with Gasteiger partial charge in [-0.15, -0.1) is 0 Å². The van der Waals surface area contributed by atoms with E-state index in [1.165, 1.54) is 12.8 Å². The first-order valence-corrected chi connectivity index (χ1v) is 5.89. The van der Waals surface area contributed by atoms with Gasteiger partial charge in [-0.05, 0) is 26.2 Å². The van der Waals surface area contributed by atoms with E-state index in [1.807, 2.05) is 12.3 Å². The lowest BCUT2D eigenvalue weighted by Gasteiger charge is -2.21. The third-order valence-corrected chi connectivity index (χ3v) is 3.13. The van der Waals surface area contributed by atoms with Crippen molar-refractivity contribution in [3.05, 3.63) is 11.1 Å². The number of aryl methyl sites for hydroxylation is 1. The largest absolute Gasteiger partial charge is 0.467 e. The second kappa shape index (κ2) is 4.75. The molecule has 4 heteroatoms. The van der Waals surface area contributed by atoms with Gasteiger partial charge >= 0.3 is 0 Å². The Kier molecular flexibility index (Phi) is 3.37. The van der Waals surface area contributed by atoms with Crippen molar-refractivity contribution in [2.75, 3.05) is 13.2 Å². The van der Waals surface area contributed by atoms with Crippen LogP contribution < -0.4 is 4.74 Å². The van der Waals surface area contributed by atoms with Crippen LogP contribution in [0, 0.1) is 6.92 Å². The molecule has 1 aromatic rings. The first-order chi connectivity index (χ1) is 6.84. The molecule has 0 radical (unpaired) electrons. The monoisotopic (exact) mass is 213 g/mol. The molecular formula is C10H15NO2S. The van der Waals surface area contributed by atoms with Crippen LogP contribution in [0.1, 0.15) is 25.0 Å². The van der Waals surface area contributed by atoms with E-state index >= 15 is 0 Å². The number of nitrogens with zero attached hydrogens (tertiary/aromatic N) is 1. The van der Waals surface area contributed by atoms with Crippen molar-refractivity contribution in [3.63, 3.8) is 0 Å². The van der Waals surface area contributed by atoms with E-state index in [1.54, 1.807) is 11.3 Å². The third kappa shape index (κ3) is 2.69. The Balaban J connectivity index is 1.76. The first-order valence-electron chi connectivity index (χ1n) is 5.01. The predicted octanol–water partition coefficient (Wildman–Crippen LogP) is 2.40. The van der Waals surface area contributed by atoms with Crippen molar-refractivity contribution in [2.45, 2.75) is 32.3 Å². The maximum absolute atomic E-state index is 5.56. The molecule has 1 aromatic heterocycles. The Labute approximate surface area is 88.1 Å². The molecule has 2 rings (SSSR count). The van der Waals surface area contributed by atoms with E-state index in [0.717, 1.165) is 23.9 Å². The van der Waals surface area contributed by atoms with E-state index in [2.05, 4.69) is 4.98 Å². The second-order valence-corrected chi connectivity index (χ2v) is 4.38. The zero-order valence-corrected chi connectivity index (χ0v) is 9.18. The number of hydrogen-bond donors (Lipinski definition) is 0. The van der Waals surface area contributed by atoms with Gasteiger partial charge in [-0.25, -0.2) is 4.98 Å². The summed E-state index contributed by atoms with van der Waals surface area (Å²) in [4.78, 5) is 4.24. The van der Waals surface area contributed by atoms with Crippen molar-refractivity contribution in [1.29, 1.82) is 0 Å². The summed E-state index contributed by atoms with van der Waals surface area (Å²) >= 11 is 1.55. The third-order valence-electron chi connectivity index (χ3n) is 2.26. The van der Waals surface area contributed by atoms with Gasteiger partial charge in [-0.1, -0.05) is 11.3 Å². The SMILES string of the molecule is Cc1csc(OCC2CCCCO2)n1. The smallest absolute Gasteiger partial charge is 0.273 e. The first kappa shape index (κ1) is 9.93. The molecular weight excluding hydrogens is 198 g/mol. The molecule has 3 nitrogen and oxygen atoms in total. The minimum Gasteiger partial charge on any atom is -0.467 e. The molecule has 0 amide bonds. The van der Waals surface area contributed by atoms with Gasteiger partial charge in [0, 0.05) is 12.0 Å². The highest BCUT2D eigenvalue weighted by atomic mass is 32.1. The lowest BCUT2D eigenvalue weighted by Crippen LogP contribution is -2.25. The molecule has 2 heterocycles. The summed E-state index contributed by atoms with van der Waals surface area (Å²) in [7, 11) is 0. The fraction of sp³-hybridized carbons (Fsp3) is 0.700. The number of thiazole rings is 1. The maximum atomic E-state index is 5.56. The molecule has 14 heavy (non-hydrogen) atoms. The van der Waals surface area contributed by atoms with E-state index in [4.69, 9.17) is 9.47 Å². The maximum Gasteiger partial charge on any atom is 0.273 e. The summed E-state index contributed by atoms with van der Waals surface area (Å²) in [5.41, 5.74) is 1.02. The van der Waals surface area contributed by atoms with Crippen LogP contribution in [-0.4, -0.2) is 24.3 Å². The number of hydrogen-bond acceptors (Lipinski definition) is 4. The highest BCUT2D eigenvalue weighted by molar-refractivity contribution is 7.11. The van der Waals surface area contributed by atoms with Crippen molar-refractivity contribution < 1.29 is 9.47 Å². The van der Waals surface area contributed by atoms with Crippen LogP contribution in [0.5, 0.6) is 5.19 Å². The van der Waals surface area contributed by atoms with Gasteiger partial charge in [-0.3, -0.25) is 0 Å². The molecule has 0 bridgehead atoms. The molecule has 0 N–H and O–H groups in total. The average molecular weight is 213 g/mol. The molecule has 0 saturated carbocycles. The molecule has 1 aliphatic heterocycles. The van der Waals surface area contributed by atoms with Gasteiger partial charge in [0.05, 0.1) is 11.8 Å². The van der Waals surface area contributed by atoms with Crippen molar-refractivity contribution in [2.24, 2.45) is 0 Å². The minimum atomic E-state index is 0.271. The highest BCUT2D eigenvalue weighted by Gasteiger charge is 2.14. The van der Waals surface area contributed by atoms with Crippen LogP contribution in [-0.2, 0) is 4.74 Å². The summed E-state index contributed by atoms with van der Waals surface area (Å²) in [6.45, 7) is 3.50. The average Bonchev–Trinajstić information content (AvgIpc) is 2.63. The molecule has 0 spiro atoms. The van der Waals surface area contributed by atoms with Crippen LogP contribution in [0.2, 0.25) is 0 Å². The van der Waals surface area contributed by atoms with Crippen LogP contribution >= 0.6 is 11.3 Å². The number of rotatable bonds is 3. The van der Waals surface area contributed by atoms with E-state index in [9.17, 15) is 0 Å².